The number of halogens is 1. The molecular weight excluding hydrogens is 224 g/mol. The van der Waals surface area contributed by atoms with Gasteiger partial charge in [-0.3, -0.25) is 0 Å². The van der Waals surface area contributed by atoms with Crippen molar-refractivity contribution in [3.8, 4) is 0 Å². The van der Waals surface area contributed by atoms with Crippen LogP contribution in [0.25, 0.3) is 0 Å². The van der Waals surface area contributed by atoms with E-state index in [2.05, 4.69) is 26.8 Å². The van der Waals surface area contributed by atoms with Crippen molar-refractivity contribution >= 4 is 17.5 Å². The fraction of sp³-hybridized carbons (Fsp3) is 0.636. The fourth-order valence-electron chi connectivity index (χ4n) is 1.83. The first-order chi connectivity index (χ1) is 7.69. The lowest BCUT2D eigenvalue weighted by atomic mass is 10.3. The van der Waals surface area contributed by atoms with E-state index in [1.807, 2.05) is 13.0 Å². The summed E-state index contributed by atoms with van der Waals surface area (Å²) in [5.41, 5.74) is 1.89. The Morgan fingerprint density at radius 2 is 1.94 bits per heavy atom. The maximum absolute atomic E-state index is 5.82. The molecule has 4 nitrogen and oxygen atoms in total. The second kappa shape index (κ2) is 4.97. The lowest BCUT2D eigenvalue weighted by Gasteiger charge is -2.32. The molecule has 0 N–H and O–H groups in total. The van der Waals surface area contributed by atoms with E-state index in [-0.39, 0.29) is 0 Å². The van der Waals surface area contributed by atoms with E-state index < -0.39 is 0 Å². The molecule has 2 rings (SSSR count). The third-order valence-corrected chi connectivity index (χ3v) is 3.09. The van der Waals surface area contributed by atoms with E-state index in [0.29, 0.717) is 5.88 Å². The molecule has 5 heteroatoms. The standard InChI is InChI=1S/C11H17ClN4/c1-9-7-10(8-12)14-11(13-9)16-5-3-15(2)4-6-16/h7H,3-6,8H2,1-2H3. The first-order valence-electron chi connectivity index (χ1n) is 5.53. The molecule has 16 heavy (non-hydrogen) atoms. The van der Waals surface area contributed by atoms with Gasteiger partial charge in [0.05, 0.1) is 11.6 Å². The summed E-state index contributed by atoms with van der Waals surface area (Å²) in [4.78, 5) is 13.5. The summed E-state index contributed by atoms with van der Waals surface area (Å²) in [7, 11) is 2.14. The van der Waals surface area contributed by atoms with Crippen LogP contribution in [0.15, 0.2) is 6.07 Å². The van der Waals surface area contributed by atoms with Crippen LogP contribution in [0, 0.1) is 6.92 Å². The van der Waals surface area contributed by atoms with E-state index in [0.717, 1.165) is 43.5 Å². The number of likely N-dealkylation sites (N-methyl/N-ethyl adjacent to an activating group) is 1. The SMILES string of the molecule is Cc1cc(CCl)nc(N2CCN(C)CC2)n1. The molecule has 0 aliphatic carbocycles. The quantitative estimate of drug-likeness (QED) is 0.729. The van der Waals surface area contributed by atoms with Gasteiger partial charge < -0.3 is 9.80 Å². The monoisotopic (exact) mass is 240 g/mol. The molecule has 0 spiro atoms. The van der Waals surface area contributed by atoms with Crippen LogP contribution in [0.3, 0.4) is 0 Å². The first-order valence-corrected chi connectivity index (χ1v) is 6.06. The number of piperazine rings is 1. The second-order valence-corrected chi connectivity index (χ2v) is 4.49. The maximum Gasteiger partial charge on any atom is 0.225 e. The molecule has 1 aliphatic rings. The zero-order valence-electron chi connectivity index (χ0n) is 9.78. The van der Waals surface area contributed by atoms with Crippen LogP contribution in [0.5, 0.6) is 0 Å². The zero-order chi connectivity index (χ0) is 11.5. The second-order valence-electron chi connectivity index (χ2n) is 4.22. The van der Waals surface area contributed by atoms with Crippen LogP contribution in [-0.4, -0.2) is 48.1 Å². The van der Waals surface area contributed by atoms with Crippen LogP contribution < -0.4 is 4.90 Å². The van der Waals surface area contributed by atoms with Gasteiger partial charge in [0, 0.05) is 31.9 Å². The first kappa shape index (κ1) is 11.6. The molecule has 0 aromatic carbocycles. The van der Waals surface area contributed by atoms with E-state index in [9.17, 15) is 0 Å². The molecule has 0 saturated carbocycles. The van der Waals surface area contributed by atoms with Crippen molar-refractivity contribution in [2.24, 2.45) is 0 Å². The van der Waals surface area contributed by atoms with Crippen molar-refractivity contribution in [1.82, 2.24) is 14.9 Å². The molecule has 1 aromatic rings. The largest absolute Gasteiger partial charge is 0.338 e. The number of alkyl halides is 1. The zero-order valence-corrected chi connectivity index (χ0v) is 10.5. The van der Waals surface area contributed by atoms with Gasteiger partial charge >= 0.3 is 0 Å². The number of anilines is 1. The lowest BCUT2D eigenvalue weighted by molar-refractivity contribution is 0.311. The summed E-state index contributed by atoms with van der Waals surface area (Å²) >= 11 is 5.82. The number of hydrogen-bond acceptors (Lipinski definition) is 4. The van der Waals surface area contributed by atoms with Gasteiger partial charge in [0.15, 0.2) is 0 Å². The molecule has 0 bridgehead atoms. The van der Waals surface area contributed by atoms with Crippen molar-refractivity contribution in [3.63, 3.8) is 0 Å². The molecule has 1 fully saturated rings. The highest BCUT2D eigenvalue weighted by Crippen LogP contribution is 2.13. The van der Waals surface area contributed by atoms with Gasteiger partial charge in [0.1, 0.15) is 0 Å². The van der Waals surface area contributed by atoms with Crippen LogP contribution >= 0.6 is 11.6 Å². The average molecular weight is 241 g/mol. The lowest BCUT2D eigenvalue weighted by Crippen LogP contribution is -2.45. The van der Waals surface area contributed by atoms with E-state index in [1.54, 1.807) is 0 Å². The highest BCUT2D eigenvalue weighted by molar-refractivity contribution is 6.16. The molecule has 0 unspecified atom stereocenters. The molecule has 1 aromatic heterocycles. The molecule has 1 saturated heterocycles. The Balaban J connectivity index is 2.16. The molecule has 88 valence electrons. The van der Waals surface area contributed by atoms with Crippen molar-refractivity contribution in [2.45, 2.75) is 12.8 Å². The third-order valence-electron chi connectivity index (χ3n) is 2.82. The van der Waals surface area contributed by atoms with E-state index >= 15 is 0 Å². The predicted molar refractivity (Wildman–Crippen MR) is 66.0 cm³/mol. The molecule has 1 aliphatic heterocycles. The third kappa shape index (κ3) is 2.62. The normalized spacial score (nSPS) is 17.8. The van der Waals surface area contributed by atoms with Crippen LogP contribution in [0.2, 0.25) is 0 Å². The van der Waals surface area contributed by atoms with Gasteiger partial charge in [-0.25, -0.2) is 9.97 Å². The van der Waals surface area contributed by atoms with Gasteiger partial charge in [-0.2, -0.15) is 0 Å². The smallest absolute Gasteiger partial charge is 0.225 e. The minimum Gasteiger partial charge on any atom is -0.338 e. The van der Waals surface area contributed by atoms with Crippen LogP contribution in [-0.2, 0) is 5.88 Å². The maximum atomic E-state index is 5.82. The van der Waals surface area contributed by atoms with Crippen LogP contribution in [0.1, 0.15) is 11.4 Å². The highest BCUT2D eigenvalue weighted by Gasteiger charge is 2.16. The van der Waals surface area contributed by atoms with Crippen molar-refractivity contribution in [1.29, 1.82) is 0 Å². The van der Waals surface area contributed by atoms with Gasteiger partial charge in [-0.1, -0.05) is 0 Å². The van der Waals surface area contributed by atoms with Crippen molar-refractivity contribution in [2.75, 3.05) is 38.1 Å². The summed E-state index contributed by atoms with van der Waals surface area (Å²) in [5, 5.41) is 0. The van der Waals surface area contributed by atoms with Gasteiger partial charge in [0.25, 0.3) is 0 Å². The molecule has 2 heterocycles. The molecule has 0 radical (unpaired) electrons. The fourth-order valence-corrected chi connectivity index (χ4v) is 1.97. The van der Waals surface area contributed by atoms with E-state index in [4.69, 9.17) is 11.6 Å². The Kier molecular flexibility index (Phi) is 3.61. The summed E-state index contributed by atoms with van der Waals surface area (Å²) in [5.74, 6) is 1.27. The summed E-state index contributed by atoms with van der Waals surface area (Å²) in [6, 6.07) is 1.94. The number of hydrogen-bond donors (Lipinski definition) is 0. The number of rotatable bonds is 2. The summed E-state index contributed by atoms with van der Waals surface area (Å²) < 4.78 is 0. The topological polar surface area (TPSA) is 32.3 Å². The highest BCUT2D eigenvalue weighted by atomic mass is 35.5. The average Bonchev–Trinajstić information content (AvgIpc) is 2.29. The molecular formula is C11H17ClN4. The predicted octanol–water partition coefficient (Wildman–Crippen LogP) is 1.28. The van der Waals surface area contributed by atoms with Crippen molar-refractivity contribution in [3.05, 3.63) is 17.5 Å². The number of aromatic nitrogens is 2. The number of nitrogens with zero attached hydrogens (tertiary/aromatic N) is 4. The Hall–Kier alpha value is -0.870. The Morgan fingerprint density at radius 3 is 2.56 bits per heavy atom. The van der Waals surface area contributed by atoms with Gasteiger partial charge in [-0.15, -0.1) is 11.6 Å². The summed E-state index contributed by atoms with van der Waals surface area (Å²) in [6.45, 7) is 6.08. The van der Waals surface area contributed by atoms with Crippen molar-refractivity contribution < 1.29 is 0 Å². The summed E-state index contributed by atoms with van der Waals surface area (Å²) in [6.07, 6.45) is 0. The molecule has 0 amide bonds. The Morgan fingerprint density at radius 1 is 1.25 bits per heavy atom. The van der Waals surface area contributed by atoms with E-state index in [1.165, 1.54) is 0 Å². The Bertz CT molecular complexity index is 361. The molecule has 0 atom stereocenters. The van der Waals surface area contributed by atoms with Gasteiger partial charge in [0.2, 0.25) is 5.95 Å². The minimum atomic E-state index is 0.449. The van der Waals surface area contributed by atoms with Crippen LogP contribution in [0.4, 0.5) is 5.95 Å². The number of aryl methyl sites for hydroxylation is 1. The minimum absolute atomic E-state index is 0.449. The van der Waals surface area contributed by atoms with Gasteiger partial charge in [-0.05, 0) is 20.0 Å². The Labute approximate surface area is 101 Å².